The molecule has 0 aromatic heterocycles. The number of nitrogens with one attached hydrogen (secondary N) is 1. The highest BCUT2D eigenvalue weighted by atomic mass is 19.4. The van der Waals surface area contributed by atoms with E-state index in [0.717, 1.165) is 12.1 Å². The van der Waals surface area contributed by atoms with Crippen LogP contribution in [0.1, 0.15) is 15.9 Å². The van der Waals surface area contributed by atoms with Gasteiger partial charge in [0.25, 0.3) is 5.91 Å². The molecule has 0 radical (unpaired) electrons. The summed E-state index contributed by atoms with van der Waals surface area (Å²) in [7, 11) is 0. The summed E-state index contributed by atoms with van der Waals surface area (Å²) in [6, 6.07) is 9.70. The fourth-order valence-corrected chi connectivity index (χ4v) is 1.84. The number of rotatable bonds is 5. The zero-order chi connectivity index (χ0) is 17.7. The molecule has 24 heavy (non-hydrogen) atoms. The topological polar surface area (TPSA) is 75.6 Å². The van der Waals surface area contributed by atoms with E-state index >= 15 is 0 Å². The fourth-order valence-electron chi connectivity index (χ4n) is 1.84. The molecule has 0 aliphatic rings. The predicted molar refractivity (Wildman–Crippen MR) is 79.0 cm³/mol. The summed E-state index contributed by atoms with van der Waals surface area (Å²) in [5, 5.41) is 11.1. The first-order valence-corrected chi connectivity index (χ1v) is 6.69. The lowest BCUT2D eigenvalue weighted by atomic mass is 10.2. The van der Waals surface area contributed by atoms with E-state index in [0.29, 0.717) is 0 Å². The molecule has 2 aromatic carbocycles. The van der Waals surface area contributed by atoms with Crippen LogP contribution in [-0.2, 0) is 11.0 Å². The molecule has 126 valence electrons. The quantitative estimate of drug-likeness (QED) is 0.875. The molecule has 0 saturated carbocycles. The molecule has 0 spiro atoms. The number of anilines is 1. The van der Waals surface area contributed by atoms with Crippen molar-refractivity contribution >= 4 is 17.6 Å². The largest absolute Gasteiger partial charge is 0.484 e. The van der Waals surface area contributed by atoms with Gasteiger partial charge in [0.15, 0.2) is 6.61 Å². The van der Waals surface area contributed by atoms with Gasteiger partial charge in [-0.2, -0.15) is 13.2 Å². The molecule has 0 saturated heterocycles. The van der Waals surface area contributed by atoms with Gasteiger partial charge in [0.2, 0.25) is 0 Å². The van der Waals surface area contributed by atoms with Crippen LogP contribution in [0, 0.1) is 0 Å². The first-order chi connectivity index (χ1) is 11.3. The monoisotopic (exact) mass is 339 g/mol. The second kappa shape index (κ2) is 7.03. The van der Waals surface area contributed by atoms with Crippen molar-refractivity contribution in [3.63, 3.8) is 0 Å². The van der Waals surface area contributed by atoms with E-state index in [2.05, 4.69) is 5.32 Å². The second-order valence-corrected chi connectivity index (χ2v) is 4.75. The highest BCUT2D eigenvalue weighted by Crippen LogP contribution is 2.30. The summed E-state index contributed by atoms with van der Waals surface area (Å²) in [5.41, 5.74) is -0.904. The Kier molecular flexibility index (Phi) is 5.08. The molecule has 1 amide bonds. The highest BCUT2D eigenvalue weighted by molar-refractivity contribution is 5.92. The number of alkyl halides is 3. The van der Waals surface area contributed by atoms with Crippen molar-refractivity contribution in [3.05, 3.63) is 59.7 Å². The Morgan fingerprint density at radius 1 is 1.08 bits per heavy atom. The lowest BCUT2D eigenvalue weighted by Gasteiger charge is -2.10. The minimum absolute atomic E-state index is 0.00853. The van der Waals surface area contributed by atoms with Crippen molar-refractivity contribution in [1.82, 2.24) is 0 Å². The number of aromatic carboxylic acids is 1. The van der Waals surface area contributed by atoms with Crippen molar-refractivity contribution in [2.75, 3.05) is 11.9 Å². The van der Waals surface area contributed by atoms with E-state index in [-0.39, 0.29) is 17.0 Å². The molecule has 5 nitrogen and oxygen atoms in total. The molecular weight excluding hydrogens is 327 g/mol. The van der Waals surface area contributed by atoms with Gasteiger partial charge in [-0.1, -0.05) is 12.1 Å². The molecule has 2 aromatic rings. The average molecular weight is 339 g/mol. The number of benzene rings is 2. The van der Waals surface area contributed by atoms with Crippen LogP contribution in [0.15, 0.2) is 48.5 Å². The summed E-state index contributed by atoms with van der Waals surface area (Å²) in [5.74, 6) is -1.65. The molecule has 0 atom stereocenters. The van der Waals surface area contributed by atoms with Crippen LogP contribution in [0.3, 0.4) is 0 Å². The Labute approximate surface area is 134 Å². The standard InChI is InChI=1S/C16H12F3NO4/c17-16(18,19)11-4-2-5-12(8-11)20-14(21)9-24-13-6-1-3-10(7-13)15(22)23/h1-8H,9H2,(H,20,21)(H,22,23). The van der Waals surface area contributed by atoms with Gasteiger partial charge in [-0.3, -0.25) is 4.79 Å². The van der Waals surface area contributed by atoms with Crippen molar-refractivity contribution in [2.24, 2.45) is 0 Å². The molecule has 8 heteroatoms. The Hall–Kier alpha value is -3.03. The Balaban J connectivity index is 1.97. The first-order valence-electron chi connectivity index (χ1n) is 6.69. The van der Waals surface area contributed by atoms with Crippen molar-refractivity contribution in [1.29, 1.82) is 0 Å². The number of hydrogen-bond donors (Lipinski definition) is 2. The number of carbonyl (C=O) groups is 2. The normalized spacial score (nSPS) is 11.0. The lowest BCUT2D eigenvalue weighted by Crippen LogP contribution is -2.20. The number of carboxylic acids is 1. The molecule has 0 aliphatic heterocycles. The van der Waals surface area contributed by atoms with E-state index < -0.39 is 30.2 Å². The zero-order valence-corrected chi connectivity index (χ0v) is 12.1. The van der Waals surface area contributed by atoms with Gasteiger partial charge >= 0.3 is 12.1 Å². The number of amides is 1. The predicted octanol–water partition coefficient (Wildman–Crippen LogP) is 3.42. The van der Waals surface area contributed by atoms with Crippen LogP contribution in [-0.4, -0.2) is 23.6 Å². The van der Waals surface area contributed by atoms with Crippen LogP contribution in [0.4, 0.5) is 18.9 Å². The number of carboxylic acid groups (broad SMARTS) is 1. The fraction of sp³-hybridized carbons (Fsp3) is 0.125. The lowest BCUT2D eigenvalue weighted by molar-refractivity contribution is -0.137. The summed E-state index contributed by atoms with van der Waals surface area (Å²) in [6.45, 7) is -0.473. The van der Waals surface area contributed by atoms with E-state index in [9.17, 15) is 22.8 Å². The highest BCUT2D eigenvalue weighted by Gasteiger charge is 2.30. The third kappa shape index (κ3) is 4.73. The maximum atomic E-state index is 12.6. The Morgan fingerprint density at radius 3 is 2.46 bits per heavy atom. The van der Waals surface area contributed by atoms with Gasteiger partial charge in [-0.25, -0.2) is 4.79 Å². The first kappa shape index (κ1) is 17.3. The number of ether oxygens (including phenoxy) is 1. The smallest absolute Gasteiger partial charge is 0.416 e. The molecule has 0 heterocycles. The summed E-state index contributed by atoms with van der Waals surface area (Å²) < 4.78 is 42.9. The third-order valence-electron chi connectivity index (χ3n) is 2.92. The number of hydrogen-bond acceptors (Lipinski definition) is 3. The van der Waals surface area contributed by atoms with Gasteiger partial charge in [-0.15, -0.1) is 0 Å². The van der Waals surface area contributed by atoms with Crippen molar-refractivity contribution in [2.45, 2.75) is 6.18 Å². The van der Waals surface area contributed by atoms with Gasteiger partial charge in [-0.05, 0) is 36.4 Å². The van der Waals surface area contributed by atoms with Gasteiger partial charge in [0.1, 0.15) is 5.75 Å². The van der Waals surface area contributed by atoms with Crippen LogP contribution in [0.5, 0.6) is 5.75 Å². The van der Waals surface area contributed by atoms with Gasteiger partial charge in [0, 0.05) is 5.69 Å². The molecule has 2 rings (SSSR count). The van der Waals surface area contributed by atoms with Crippen LogP contribution < -0.4 is 10.1 Å². The maximum absolute atomic E-state index is 12.6. The van der Waals surface area contributed by atoms with Crippen molar-refractivity contribution in [3.8, 4) is 5.75 Å². The Bertz CT molecular complexity index is 759. The maximum Gasteiger partial charge on any atom is 0.416 e. The van der Waals surface area contributed by atoms with E-state index in [1.807, 2.05) is 0 Å². The third-order valence-corrected chi connectivity index (χ3v) is 2.92. The minimum Gasteiger partial charge on any atom is -0.484 e. The molecule has 2 N–H and O–H groups in total. The average Bonchev–Trinajstić information content (AvgIpc) is 2.52. The summed E-state index contributed by atoms with van der Waals surface area (Å²) >= 11 is 0. The van der Waals surface area contributed by atoms with Crippen molar-refractivity contribution < 1.29 is 32.6 Å². The molecule has 0 fully saturated rings. The number of carbonyl (C=O) groups excluding carboxylic acids is 1. The minimum atomic E-state index is -4.51. The number of halogens is 3. The van der Waals surface area contributed by atoms with Crippen LogP contribution >= 0.6 is 0 Å². The summed E-state index contributed by atoms with van der Waals surface area (Å²) in [4.78, 5) is 22.6. The molecular formula is C16H12F3NO4. The molecule has 0 aliphatic carbocycles. The van der Waals surface area contributed by atoms with E-state index in [1.54, 1.807) is 0 Å². The zero-order valence-electron chi connectivity index (χ0n) is 12.1. The van der Waals surface area contributed by atoms with Crippen LogP contribution in [0.2, 0.25) is 0 Å². The van der Waals surface area contributed by atoms with E-state index in [4.69, 9.17) is 9.84 Å². The van der Waals surface area contributed by atoms with Gasteiger partial charge in [0.05, 0.1) is 11.1 Å². The molecule has 0 bridgehead atoms. The van der Waals surface area contributed by atoms with Gasteiger partial charge < -0.3 is 15.2 Å². The summed E-state index contributed by atoms with van der Waals surface area (Å²) in [6.07, 6.45) is -4.51. The van der Waals surface area contributed by atoms with Crippen LogP contribution in [0.25, 0.3) is 0 Å². The Morgan fingerprint density at radius 2 is 1.79 bits per heavy atom. The molecule has 0 unspecified atom stereocenters. The van der Waals surface area contributed by atoms with E-state index in [1.165, 1.54) is 36.4 Å². The SMILES string of the molecule is O=C(COc1cccc(C(=O)O)c1)Nc1cccc(C(F)(F)F)c1. The second-order valence-electron chi connectivity index (χ2n) is 4.75.